The average Bonchev–Trinajstić information content (AvgIpc) is 2.51. The van der Waals surface area contributed by atoms with Gasteiger partial charge in [0.05, 0.1) is 24.4 Å². The van der Waals surface area contributed by atoms with Gasteiger partial charge in [0, 0.05) is 12.8 Å². The minimum absolute atomic E-state index is 0.116. The van der Waals surface area contributed by atoms with Crippen molar-refractivity contribution >= 4 is 0 Å². The van der Waals surface area contributed by atoms with Crippen LogP contribution in [0.1, 0.15) is 59.1 Å². The summed E-state index contributed by atoms with van der Waals surface area (Å²) in [7, 11) is 0. The van der Waals surface area contributed by atoms with Gasteiger partial charge in [-0.1, -0.05) is 20.8 Å². The first kappa shape index (κ1) is 17.9. The Balaban J connectivity index is 3.16. The SMILES string of the molecule is CCNC(c1cncc(OCC)c1)C(CC)(CC)OCC. The standard InChI is InChI=1S/C17H30N2O2/c1-6-17(7-2,21-10-5)16(19-8-3)14-11-15(20-9-4)13-18-12-14/h11-13,16,19H,6-10H2,1-5H3. The van der Waals surface area contributed by atoms with E-state index in [-0.39, 0.29) is 11.6 Å². The molecule has 1 rings (SSSR count). The molecule has 0 aliphatic rings. The van der Waals surface area contributed by atoms with E-state index < -0.39 is 0 Å². The summed E-state index contributed by atoms with van der Waals surface area (Å²) >= 11 is 0. The molecule has 0 saturated heterocycles. The van der Waals surface area contributed by atoms with Gasteiger partial charge in [-0.05, 0) is 44.9 Å². The Kier molecular flexibility index (Phi) is 7.68. The van der Waals surface area contributed by atoms with Gasteiger partial charge in [-0.15, -0.1) is 0 Å². The topological polar surface area (TPSA) is 43.4 Å². The van der Waals surface area contributed by atoms with Crippen LogP contribution in [0, 0.1) is 0 Å². The van der Waals surface area contributed by atoms with Crippen molar-refractivity contribution in [2.75, 3.05) is 19.8 Å². The maximum absolute atomic E-state index is 6.17. The molecule has 0 spiro atoms. The lowest BCUT2D eigenvalue weighted by molar-refractivity contribution is -0.0731. The molecule has 4 nitrogen and oxygen atoms in total. The summed E-state index contributed by atoms with van der Waals surface area (Å²) < 4.78 is 11.7. The van der Waals surface area contributed by atoms with Crippen LogP contribution in [0.4, 0.5) is 0 Å². The van der Waals surface area contributed by atoms with E-state index in [0.717, 1.165) is 30.7 Å². The van der Waals surface area contributed by atoms with Crippen LogP contribution >= 0.6 is 0 Å². The Bertz CT molecular complexity index is 406. The van der Waals surface area contributed by atoms with E-state index in [1.165, 1.54) is 0 Å². The number of rotatable bonds is 10. The molecular weight excluding hydrogens is 264 g/mol. The zero-order valence-electron chi connectivity index (χ0n) is 14.1. The van der Waals surface area contributed by atoms with E-state index in [0.29, 0.717) is 13.2 Å². The Morgan fingerprint density at radius 3 is 2.33 bits per heavy atom. The van der Waals surface area contributed by atoms with Crippen LogP contribution in [0.15, 0.2) is 18.5 Å². The van der Waals surface area contributed by atoms with Gasteiger partial charge >= 0.3 is 0 Å². The summed E-state index contributed by atoms with van der Waals surface area (Å²) in [6.07, 6.45) is 5.58. The van der Waals surface area contributed by atoms with E-state index in [1.54, 1.807) is 6.20 Å². The molecular formula is C17H30N2O2. The molecule has 21 heavy (non-hydrogen) atoms. The van der Waals surface area contributed by atoms with Crippen LogP contribution in [0.25, 0.3) is 0 Å². The highest BCUT2D eigenvalue weighted by atomic mass is 16.5. The fraction of sp³-hybridized carbons (Fsp3) is 0.706. The fourth-order valence-electron chi connectivity index (χ4n) is 2.88. The highest BCUT2D eigenvalue weighted by Gasteiger charge is 2.37. The monoisotopic (exact) mass is 294 g/mol. The van der Waals surface area contributed by atoms with Crippen molar-refractivity contribution in [3.05, 3.63) is 24.0 Å². The van der Waals surface area contributed by atoms with Crippen LogP contribution in [0.5, 0.6) is 5.75 Å². The van der Waals surface area contributed by atoms with Gasteiger partial charge in [0.1, 0.15) is 5.75 Å². The molecule has 0 aliphatic carbocycles. The zero-order chi connectivity index (χ0) is 15.7. The molecule has 1 N–H and O–H groups in total. The predicted octanol–water partition coefficient (Wildman–Crippen LogP) is 3.73. The minimum atomic E-state index is -0.211. The normalized spacial score (nSPS) is 13.2. The number of hydrogen-bond acceptors (Lipinski definition) is 4. The summed E-state index contributed by atoms with van der Waals surface area (Å²) in [5, 5.41) is 3.58. The smallest absolute Gasteiger partial charge is 0.137 e. The third-order valence-corrected chi connectivity index (χ3v) is 3.94. The zero-order valence-corrected chi connectivity index (χ0v) is 14.1. The molecule has 0 aliphatic heterocycles. The lowest BCUT2D eigenvalue weighted by atomic mass is 9.84. The Labute approximate surface area is 129 Å². The van der Waals surface area contributed by atoms with Gasteiger partial charge in [-0.2, -0.15) is 0 Å². The van der Waals surface area contributed by atoms with Crippen molar-refractivity contribution < 1.29 is 9.47 Å². The lowest BCUT2D eigenvalue weighted by Crippen LogP contribution is -2.45. The van der Waals surface area contributed by atoms with E-state index in [2.05, 4.69) is 44.1 Å². The van der Waals surface area contributed by atoms with Crippen molar-refractivity contribution in [3.8, 4) is 5.75 Å². The van der Waals surface area contributed by atoms with E-state index in [4.69, 9.17) is 9.47 Å². The fourth-order valence-corrected chi connectivity index (χ4v) is 2.88. The second-order valence-corrected chi connectivity index (χ2v) is 5.08. The molecule has 0 aromatic carbocycles. The molecule has 0 saturated carbocycles. The molecule has 1 heterocycles. The summed E-state index contributed by atoms with van der Waals surface area (Å²) in [6.45, 7) is 12.8. The first-order valence-electron chi connectivity index (χ1n) is 8.12. The largest absolute Gasteiger partial charge is 0.492 e. The van der Waals surface area contributed by atoms with E-state index in [9.17, 15) is 0 Å². The number of pyridine rings is 1. The molecule has 1 atom stereocenters. The van der Waals surface area contributed by atoms with Crippen LogP contribution in [0.2, 0.25) is 0 Å². The molecule has 0 radical (unpaired) electrons. The molecule has 0 amide bonds. The van der Waals surface area contributed by atoms with Crippen molar-refractivity contribution in [2.24, 2.45) is 0 Å². The van der Waals surface area contributed by atoms with Gasteiger partial charge < -0.3 is 14.8 Å². The van der Waals surface area contributed by atoms with Crippen LogP contribution in [-0.2, 0) is 4.74 Å². The quantitative estimate of drug-likeness (QED) is 0.714. The number of hydrogen-bond donors (Lipinski definition) is 1. The number of likely N-dealkylation sites (N-methyl/N-ethyl adjacent to an activating group) is 1. The Morgan fingerprint density at radius 1 is 1.10 bits per heavy atom. The van der Waals surface area contributed by atoms with Crippen molar-refractivity contribution in [1.29, 1.82) is 0 Å². The highest BCUT2D eigenvalue weighted by molar-refractivity contribution is 5.28. The summed E-state index contributed by atoms with van der Waals surface area (Å²) in [5.74, 6) is 0.815. The predicted molar refractivity (Wildman–Crippen MR) is 86.8 cm³/mol. The molecule has 0 fully saturated rings. The molecule has 1 aromatic rings. The molecule has 4 heteroatoms. The van der Waals surface area contributed by atoms with Crippen molar-refractivity contribution in [1.82, 2.24) is 10.3 Å². The van der Waals surface area contributed by atoms with Gasteiger partial charge in [-0.25, -0.2) is 0 Å². The first-order valence-corrected chi connectivity index (χ1v) is 8.12. The number of ether oxygens (including phenoxy) is 2. The van der Waals surface area contributed by atoms with Crippen LogP contribution < -0.4 is 10.1 Å². The summed E-state index contributed by atoms with van der Waals surface area (Å²) in [5.41, 5.74) is 0.914. The molecule has 120 valence electrons. The van der Waals surface area contributed by atoms with Crippen molar-refractivity contribution in [3.63, 3.8) is 0 Å². The van der Waals surface area contributed by atoms with Crippen LogP contribution in [0.3, 0.4) is 0 Å². The summed E-state index contributed by atoms with van der Waals surface area (Å²) in [4.78, 5) is 4.33. The lowest BCUT2D eigenvalue weighted by Gasteiger charge is -2.40. The molecule has 0 bridgehead atoms. The maximum atomic E-state index is 6.17. The Hall–Kier alpha value is -1.13. The second-order valence-electron chi connectivity index (χ2n) is 5.08. The average molecular weight is 294 g/mol. The van der Waals surface area contributed by atoms with Crippen LogP contribution in [-0.4, -0.2) is 30.3 Å². The van der Waals surface area contributed by atoms with E-state index in [1.807, 2.05) is 13.1 Å². The van der Waals surface area contributed by atoms with Gasteiger partial charge in [0.2, 0.25) is 0 Å². The molecule has 1 unspecified atom stereocenters. The number of nitrogens with zero attached hydrogens (tertiary/aromatic N) is 1. The Morgan fingerprint density at radius 2 is 1.81 bits per heavy atom. The molecule has 1 aromatic heterocycles. The van der Waals surface area contributed by atoms with E-state index >= 15 is 0 Å². The third-order valence-electron chi connectivity index (χ3n) is 3.94. The van der Waals surface area contributed by atoms with Gasteiger partial charge in [0.15, 0.2) is 0 Å². The number of aromatic nitrogens is 1. The third kappa shape index (κ3) is 4.42. The second kappa shape index (κ2) is 9.00. The van der Waals surface area contributed by atoms with Gasteiger partial charge in [-0.3, -0.25) is 4.98 Å². The summed E-state index contributed by atoms with van der Waals surface area (Å²) in [6, 6.07) is 2.19. The van der Waals surface area contributed by atoms with Crippen molar-refractivity contribution in [2.45, 2.75) is 59.1 Å². The maximum Gasteiger partial charge on any atom is 0.137 e. The van der Waals surface area contributed by atoms with Gasteiger partial charge in [0.25, 0.3) is 0 Å². The highest BCUT2D eigenvalue weighted by Crippen LogP contribution is 2.36. The number of nitrogens with one attached hydrogen (secondary N) is 1. The first-order chi connectivity index (χ1) is 10.2. The minimum Gasteiger partial charge on any atom is -0.492 e.